The lowest BCUT2D eigenvalue weighted by Gasteiger charge is -2.00. The summed E-state index contributed by atoms with van der Waals surface area (Å²) in [5.74, 6) is 0. The van der Waals surface area contributed by atoms with E-state index in [-0.39, 0.29) is 0 Å². The lowest BCUT2D eigenvalue weighted by atomic mass is 10.2. The van der Waals surface area contributed by atoms with E-state index in [2.05, 4.69) is 36.7 Å². The summed E-state index contributed by atoms with van der Waals surface area (Å²) in [5, 5.41) is 0. The normalized spacial score (nSPS) is 9.42. The van der Waals surface area contributed by atoms with E-state index in [1.165, 1.54) is 5.56 Å². The fraction of sp³-hybridized carbons (Fsp3) is 0.222. The van der Waals surface area contributed by atoms with Crippen molar-refractivity contribution >= 4 is 31.9 Å². The molecule has 0 saturated heterocycles. The summed E-state index contributed by atoms with van der Waals surface area (Å²) in [4.78, 5) is 3.32. The van der Waals surface area contributed by atoms with Crippen LogP contribution in [-0.2, 0) is 6.42 Å². The Labute approximate surface area is 88.9 Å². The minimum atomic E-state index is 0.551. The second kappa shape index (κ2) is 4.64. The number of halogens is 2. The van der Waals surface area contributed by atoms with Gasteiger partial charge in [-0.1, -0.05) is 31.9 Å². The van der Waals surface area contributed by atoms with Crippen LogP contribution in [0.3, 0.4) is 0 Å². The van der Waals surface area contributed by atoms with Crippen molar-refractivity contribution in [3.05, 3.63) is 44.1 Å². The highest BCUT2D eigenvalue weighted by Crippen LogP contribution is 2.21. The van der Waals surface area contributed by atoms with Gasteiger partial charge in [0.2, 0.25) is 6.54 Å². The highest BCUT2D eigenvalue weighted by Gasteiger charge is 2.01. The first-order chi connectivity index (χ1) is 5.74. The predicted molar refractivity (Wildman–Crippen MR) is 57.0 cm³/mol. The smallest absolute Gasteiger partial charge is 0.218 e. The maximum Gasteiger partial charge on any atom is 0.218 e. The third-order valence-corrected chi connectivity index (χ3v) is 2.77. The molecule has 0 radical (unpaired) electrons. The molecule has 0 atom stereocenters. The number of hydrogen-bond acceptors (Lipinski definition) is 0. The molecule has 0 aliphatic heterocycles. The van der Waals surface area contributed by atoms with Crippen LogP contribution < -0.4 is 0 Å². The molecule has 1 aromatic rings. The van der Waals surface area contributed by atoms with Gasteiger partial charge in [-0.3, -0.25) is 0 Å². The molecule has 0 unspecified atom stereocenters. The Bertz CT molecular complexity index is 315. The largest absolute Gasteiger partial charge is 0.317 e. The van der Waals surface area contributed by atoms with Gasteiger partial charge < -0.3 is 4.85 Å². The highest BCUT2D eigenvalue weighted by atomic mass is 79.9. The van der Waals surface area contributed by atoms with Crippen molar-refractivity contribution in [3.63, 3.8) is 0 Å². The average molecular weight is 289 g/mol. The fourth-order valence-electron chi connectivity index (χ4n) is 0.911. The van der Waals surface area contributed by atoms with Gasteiger partial charge in [-0.05, 0) is 23.8 Å². The lowest BCUT2D eigenvalue weighted by molar-refractivity contribution is 1.07. The summed E-state index contributed by atoms with van der Waals surface area (Å²) in [6, 6.07) is 6.00. The average Bonchev–Trinajstić information content (AvgIpc) is 2.07. The van der Waals surface area contributed by atoms with Gasteiger partial charge >= 0.3 is 0 Å². The van der Waals surface area contributed by atoms with Gasteiger partial charge in [-0.15, -0.1) is 0 Å². The van der Waals surface area contributed by atoms with Crippen LogP contribution in [0.4, 0.5) is 0 Å². The Morgan fingerprint density at radius 3 is 2.75 bits per heavy atom. The van der Waals surface area contributed by atoms with E-state index in [1.54, 1.807) is 0 Å². The molecular weight excluding hydrogens is 282 g/mol. The minimum Gasteiger partial charge on any atom is -0.317 e. The second-order valence-electron chi connectivity index (χ2n) is 2.37. The summed E-state index contributed by atoms with van der Waals surface area (Å²) < 4.78 is 2.14. The topological polar surface area (TPSA) is 4.36 Å². The first-order valence-electron chi connectivity index (χ1n) is 3.51. The van der Waals surface area contributed by atoms with Crippen LogP contribution in [0, 0.1) is 6.57 Å². The Kier molecular flexibility index (Phi) is 3.77. The Morgan fingerprint density at radius 1 is 1.33 bits per heavy atom. The molecule has 0 N–H and O–H groups in total. The molecule has 12 heavy (non-hydrogen) atoms. The first kappa shape index (κ1) is 9.76. The second-order valence-corrected chi connectivity index (χ2v) is 4.14. The first-order valence-corrected chi connectivity index (χ1v) is 5.10. The molecule has 0 aromatic heterocycles. The number of nitrogens with zero attached hydrogens (tertiary/aromatic N) is 1. The van der Waals surface area contributed by atoms with E-state index in [0.29, 0.717) is 6.54 Å². The standard InChI is InChI=1S/C9H7Br2N/c1-12-5-4-7-6-8(10)2-3-9(7)11/h2-3,6H,4-5H2. The third kappa shape index (κ3) is 2.62. The van der Waals surface area contributed by atoms with Crippen LogP contribution in [0.5, 0.6) is 0 Å². The molecule has 0 saturated carbocycles. The molecular formula is C9H7Br2N. The monoisotopic (exact) mass is 287 g/mol. The SMILES string of the molecule is [C-]#[N+]CCc1cc(Br)ccc1Br. The molecule has 1 aromatic carbocycles. The van der Waals surface area contributed by atoms with E-state index in [9.17, 15) is 0 Å². The van der Waals surface area contributed by atoms with E-state index >= 15 is 0 Å². The van der Waals surface area contributed by atoms with E-state index in [4.69, 9.17) is 6.57 Å². The van der Waals surface area contributed by atoms with Crippen LogP contribution in [-0.4, -0.2) is 6.54 Å². The van der Waals surface area contributed by atoms with Crippen LogP contribution in [0.2, 0.25) is 0 Å². The molecule has 0 spiro atoms. The van der Waals surface area contributed by atoms with Crippen molar-refractivity contribution in [1.29, 1.82) is 0 Å². The summed E-state index contributed by atoms with van der Waals surface area (Å²) in [6.07, 6.45) is 0.809. The van der Waals surface area contributed by atoms with Crippen molar-refractivity contribution < 1.29 is 0 Å². The Hall–Kier alpha value is -0.330. The summed E-state index contributed by atoms with van der Waals surface area (Å²) in [7, 11) is 0. The maximum absolute atomic E-state index is 6.67. The van der Waals surface area contributed by atoms with Gasteiger partial charge in [0.1, 0.15) is 0 Å². The molecule has 0 heterocycles. The fourth-order valence-corrected chi connectivity index (χ4v) is 1.76. The molecule has 0 amide bonds. The van der Waals surface area contributed by atoms with Crippen molar-refractivity contribution in [2.75, 3.05) is 6.54 Å². The third-order valence-electron chi connectivity index (χ3n) is 1.50. The van der Waals surface area contributed by atoms with Gasteiger partial charge in [0.15, 0.2) is 0 Å². The predicted octanol–water partition coefficient (Wildman–Crippen LogP) is 3.67. The lowest BCUT2D eigenvalue weighted by Crippen LogP contribution is -1.88. The van der Waals surface area contributed by atoms with E-state index in [1.807, 2.05) is 18.2 Å². The minimum absolute atomic E-state index is 0.551. The summed E-state index contributed by atoms with van der Waals surface area (Å²) >= 11 is 6.83. The van der Waals surface area contributed by atoms with Crippen molar-refractivity contribution in [3.8, 4) is 0 Å². The maximum atomic E-state index is 6.67. The zero-order valence-electron chi connectivity index (χ0n) is 6.35. The number of benzene rings is 1. The van der Waals surface area contributed by atoms with E-state index < -0.39 is 0 Å². The zero-order valence-corrected chi connectivity index (χ0v) is 9.52. The van der Waals surface area contributed by atoms with Crippen LogP contribution in [0.25, 0.3) is 4.85 Å². The summed E-state index contributed by atoms with van der Waals surface area (Å²) in [5.41, 5.74) is 1.18. The zero-order chi connectivity index (χ0) is 8.97. The van der Waals surface area contributed by atoms with Crippen LogP contribution in [0.15, 0.2) is 27.1 Å². The molecule has 0 aliphatic carbocycles. The highest BCUT2D eigenvalue weighted by molar-refractivity contribution is 9.11. The van der Waals surface area contributed by atoms with Gasteiger partial charge in [-0.2, -0.15) is 0 Å². The van der Waals surface area contributed by atoms with Gasteiger partial charge in [0.25, 0.3) is 0 Å². The molecule has 1 nitrogen and oxygen atoms in total. The van der Waals surface area contributed by atoms with Crippen molar-refractivity contribution in [2.24, 2.45) is 0 Å². The molecule has 1 rings (SSSR count). The van der Waals surface area contributed by atoms with Gasteiger partial charge in [0.05, 0.1) is 0 Å². The molecule has 0 aliphatic rings. The van der Waals surface area contributed by atoms with Crippen molar-refractivity contribution in [1.82, 2.24) is 0 Å². The number of rotatable bonds is 2. The summed E-state index contributed by atoms with van der Waals surface area (Å²) in [6.45, 7) is 7.22. The van der Waals surface area contributed by atoms with E-state index in [0.717, 1.165) is 15.4 Å². The van der Waals surface area contributed by atoms with Crippen molar-refractivity contribution in [2.45, 2.75) is 6.42 Å². The van der Waals surface area contributed by atoms with Crippen LogP contribution >= 0.6 is 31.9 Å². The quantitative estimate of drug-likeness (QED) is 0.732. The van der Waals surface area contributed by atoms with Gasteiger partial charge in [0, 0.05) is 15.4 Å². The molecule has 62 valence electrons. The molecule has 3 heteroatoms. The molecule has 0 bridgehead atoms. The number of hydrogen-bond donors (Lipinski definition) is 0. The van der Waals surface area contributed by atoms with Gasteiger partial charge in [-0.25, -0.2) is 6.57 Å². The Morgan fingerprint density at radius 2 is 2.08 bits per heavy atom. The molecule has 0 fully saturated rings. The Balaban J connectivity index is 2.84. The van der Waals surface area contributed by atoms with Crippen LogP contribution in [0.1, 0.15) is 5.56 Å².